The molecule has 1 heterocycles. The molecular formula is C19H14ClF3N2O3. The van der Waals surface area contributed by atoms with Crippen LogP contribution in [0, 0.1) is 6.92 Å². The molecule has 0 aliphatic heterocycles. The predicted molar refractivity (Wildman–Crippen MR) is 96.4 cm³/mol. The first-order valence-electron chi connectivity index (χ1n) is 8.07. The van der Waals surface area contributed by atoms with E-state index in [9.17, 15) is 18.0 Å². The molecule has 1 N–H and O–H groups in total. The summed E-state index contributed by atoms with van der Waals surface area (Å²) in [5.41, 5.74) is -1.17. The summed E-state index contributed by atoms with van der Waals surface area (Å²) in [4.78, 5) is 12.5. The van der Waals surface area contributed by atoms with Gasteiger partial charge in [0.05, 0.1) is 16.8 Å². The number of alkyl halides is 3. The van der Waals surface area contributed by atoms with Crippen molar-refractivity contribution in [2.75, 3.05) is 5.32 Å². The number of carbonyl (C=O) groups is 1. The summed E-state index contributed by atoms with van der Waals surface area (Å²) in [7, 11) is 0. The summed E-state index contributed by atoms with van der Waals surface area (Å²) >= 11 is 5.89. The van der Waals surface area contributed by atoms with Crippen molar-refractivity contribution >= 4 is 23.2 Å². The van der Waals surface area contributed by atoms with E-state index in [0.29, 0.717) is 22.1 Å². The van der Waals surface area contributed by atoms with Crippen molar-refractivity contribution in [3.8, 4) is 5.75 Å². The maximum Gasteiger partial charge on any atom is 0.418 e. The topological polar surface area (TPSA) is 64.4 Å². The van der Waals surface area contributed by atoms with Gasteiger partial charge in [-0.25, -0.2) is 0 Å². The van der Waals surface area contributed by atoms with E-state index in [1.807, 2.05) is 0 Å². The first kappa shape index (κ1) is 19.8. The second-order valence-electron chi connectivity index (χ2n) is 5.81. The number of ether oxygens (including phenoxy) is 1. The van der Waals surface area contributed by atoms with Crippen LogP contribution in [0.25, 0.3) is 0 Å². The molecule has 2 aromatic carbocycles. The smallest absolute Gasteiger partial charge is 0.418 e. The molecule has 5 nitrogen and oxygen atoms in total. The minimum Gasteiger partial charge on any atom is -0.489 e. The summed E-state index contributed by atoms with van der Waals surface area (Å²) in [6.45, 7) is 1.50. The van der Waals surface area contributed by atoms with Crippen LogP contribution in [0.4, 0.5) is 18.9 Å². The monoisotopic (exact) mass is 410 g/mol. The number of nitrogens with zero attached hydrogens (tertiary/aromatic N) is 1. The first-order valence-corrected chi connectivity index (χ1v) is 8.44. The van der Waals surface area contributed by atoms with E-state index in [0.717, 1.165) is 12.1 Å². The zero-order valence-electron chi connectivity index (χ0n) is 14.5. The number of benzene rings is 2. The van der Waals surface area contributed by atoms with Gasteiger partial charge in [0.2, 0.25) is 0 Å². The highest BCUT2D eigenvalue weighted by Crippen LogP contribution is 2.34. The SMILES string of the molecule is Cc1onc(C(=O)Nc2ccccc2C(F)(F)F)c1COc1cccc(Cl)c1. The molecular weight excluding hydrogens is 397 g/mol. The van der Waals surface area contributed by atoms with Gasteiger partial charge in [0.1, 0.15) is 18.1 Å². The third-order valence-corrected chi connectivity index (χ3v) is 4.09. The van der Waals surface area contributed by atoms with Gasteiger partial charge in [0, 0.05) is 5.02 Å². The first-order chi connectivity index (χ1) is 13.3. The van der Waals surface area contributed by atoms with Gasteiger partial charge in [-0.1, -0.05) is 35.0 Å². The number of anilines is 1. The molecule has 0 aliphatic rings. The predicted octanol–water partition coefficient (Wildman–Crippen LogP) is 5.49. The molecule has 0 bridgehead atoms. The Labute approximate surface area is 163 Å². The van der Waals surface area contributed by atoms with E-state index in [1.165, 1.54) is 12.1 Å². The molecule has 1 aromatic heterocycles. The number of para-hydroxylation sites is 1. The lowest BCUT2D eigenvalue weighted by Gasteiger charge is -2.13. The maximum absolute atomic E-state index is 13.1. The summed E-state index contributed by atoms with van der Waals surface area (Å²) in [6.07, 6.45) is -4.61. The lowest BCUT2D eigenvalue weighted by atomic mass is 10.1. The fourth-order valence-electron chi connectivity index (χ4n) is 2.47. The molecule has 0 saturated heterocycles. The van der Waals surface area contributed by atoms with Crippen LogP contribution in [0.3, 0.4) is 0 Å². The van der Waals surface area contributed by atoms with Crippen molar-refractivity contribution in [2.24, 2.45) is 0 Å². The van der Waals surface area contributed by atoms with E-state index in [1.54, 1.807) is 31.2 Å². The molecule has 0 spiro atoms. The Kier molecular flexibility index (Phi) is 5.60. The Morgan fingerprint density at radius 3 is 2.68 bits per heavy atom. The van der Waals surface area contributed by atoms with Crippen molar-refractivity contribution < 1.29 is 27.2 Å². The number of nitrogens with one attached hydrogen (secondary N) is 1. The number of carbonyl (C=O) groups excluding carboxylic acids is 1. The molecule has 146 valence electrons. The average molecular weight is 411 g/mol. The molecule has 0 aliphatic carbocycles. The van der Waals surface area contributed by atoms with Crippen LogP contribution in [0.2, 0.25) is 5.02 Å². The Morgan fingerprint density at radius 1 is 1.21 bits per heavy atom. The van der Waals surface area contributed by atoms with Crippen LogP contribution in [-0.4, -0.2) is 11.1 Å². The minimum atomic E-state index is -4.61. The van der Waals surface area contributed by atoms with Crippen molar-refractivity contribution in [3.63, 3.8) is 0 Å². The zero-order valence-corrected chi connectivity index (χ0v) is 15.3. The molecule has 3 rings (SSSR count). The highest BCUT2D eigenvalue weighted by molar-refractivity contribution is 6.30. The average Bonchev–Trinajstić information content (AvgIpc) is 3.00. The number of rotatable bonds is 5. The molecule has 9 heteroatoms. The summed E-state index contributed by atoms with van der Waals surface area (Å²) in [5.74, 6) is -0.0589. The second-order valence-corrected chi connectivity index (χ2v) is 6.25. The molecule has 3 aromatic rings. The van der Waals surface area contributed by atoms with Gasteiger partial charge >= 0.3 is 6.18 Å². The molecule has 28 heavy (non-hydrogen) atoms. The molecule has 0 saturated carbocycles. The molecule has 0 radical (unpaired) electrons. The largest absolute Gasteiger partial charge is 0.489 e. The van der Waals surface area contributed by atoms with Crippen molar-refractivity contribution in [1.29, 1.82) is 0 Å². The number of amides is 1. The number of aryl methyl sites for hydroxylation is 1. The molecule has 0 fully saturated rings. The van der Waals surface area contributed by atoms with Crippen LogP contribution in [0.1, 0.15) is 27.4 Å². The van der Waals surface area contributed by atoms with Gasteiger partial charge in [-0.2, -0.15) is 13.2 Å². The van der Waals surface area contributed by atoms with E-state index in [4.69, 9.17) is 20.9 Å². The lowest BCUT2D eigenvalue weighted by Crippen LogP contribution is -2.18. The highest BCUT2D eigenvalue weighted by Gasteiger charge is 2.34. The van der Waals surface area contributed by atoms with E-state index < -0.39 is 17.6 Å². The van der Waals surface area contributed by atoms with Gasteiger partial charge in [-0.15, -0.1) is 0 Å². The number of aromatic nitrogens is 1. The Balaban J connectivity index is 1.81. The fourth-order valence-corrected chi connectivity index (χ4v) is 2.65. The highest BCUT2D eigenvalue weighted by atomic mass is 35.5. The molecule has 0 atom stereocenters. The third-order valence-electron chi connectivity index (χ3n) is 3.86. The van der Waals surface area contributed by atoms with Crippen LogP contribution >= 0.6 is 11.6 Å². The van der Waals surface area contributed by atoms with E-state index in [2.05, 4.69) is 10.5 Å². The Morgan fingerprint density at radius 2 is 1.96 bits per heavy atom. The maximum atomic E-state index is 13.1. The number of hydrogen-bond acceptors (Lipinski definition) is 4. The van der Waals surface area contributed by atoms with Crippen LogP contribution in [0.15, 0.2) is 53.1 Å². The second kappa shape index (κ2) is 7.93. The molecule has 1 amide bonds. The van der Waals surface area contributed by atoms with E-state index in [-0.39, 0.29) is 18.0 Å². The summed E-state index contributed by atoms with van der Waals surface area (Å²) < 4.78 is 49.9. The summed E-state index contributed by atoms with van der Waals surface area (Å²) in [6, 6.07) is 11.3. The number of halogens is 4. The van der Waals surface area contributed by atoms with Gasteiger partial charge in [0.15, 0.2) is 5.69 Å². The van der Waals surface area contributed by atoms with Crippen LogP contribution in [0.5, 0.6) is 5.75 Å². The number of hydrogen-bond donors (Lipinski definition) is 1. The summed E-state index contributed by atoms with van der Waals surface area (Å²) in [5, 5.41) is 6.37. The lowest BCUT2D eigenvalue weighted by molar-refractivity contribution is -0.136. The molecule has 0 unspecified atom stereocenters. The van der Waals surface area contributed by atoms with E-state index >= 15 is 0 Å². The zero-order chi connectivity index (χ0) is 20.3. The Bertz CT molecular complexity index is 1000. The normalized spacial score (nSPS) is 11.3. The third kappa shape index (κ3) is 4.45. The Hall–Kier alpha value is -3.00. The van der Waals surface area contributed by atoms with Crippen molar-refractivity contribution in [2.45, 2.75) is 19.7 Å². The van der Waals surface area contributed by atoms with Crippen molar-refractivity contribution in [1.82, 2.24) is 5.16 Å². The standard InChI is InChI=1S/C19H14ClF3N2O3/c1-11-14(10-27-13-6-4-5-12(20)9-13)17(25-28-11)18(26)24-16-8-3-2-7-15(16)19(21,22)23/h2-9H,10H2,1H3,(H,24,26). The minimum absolute atomic E-state index is 0.0701. The fraction of sp³-hybridized carbons (Fsp3) is 0.158. The van der Waals surface area contributed by atoms with Crippen LogP contribution < -0.4 is 10.1 Å². The van der Waals surface area contributed by atoms with Gasteiger partial charge in [0.25, 0.3) is 5.91 Å². The van der Waals surface area contributed by atoms with Gasteiger partial charge in [-0.05, 0) is 37.3 Å². The van der Waals surface area contributed by atoms with Crippen molar-refractivity contribution in [3.05, 3.63) is 76.1 Å². The van der Waals surface area contributed by atoms with Gasteiger partial charge in [-0.3, -0.25) is 4.79 Å². The van der Waals surface area contributed by atoms with Crippen LogP contribution in [-0.2, 0) is 12.8 Å². The van der Waals surface area contributed by atoms with Gasteiger partial charge < -0.3 is 14.6 Å². The quantitative estimate of drug-likeness (QED) is 0.604.